The van der Waals surface area contributed by atoms with Gasteiger partial charge in [0.25, 0.3) is 11.1 Å². The van der Waals surface area contributed by atoms with Gasteiger partial charge in [-0.3, -0.25) is 24.2 Å². The molecular weight excluding hydrogens is 428 g/mol. The van der Waals surface area contributed by atoms with Crippen molar-refractivity contribution in [3.63, 3.8) is 0 Å². The van der Waals surface area contributed by atoms with E-state index in [0.29, 0.717) is 18.5 Å². The average molecular weight is 453 g/mol. The molecule has 8 nitrogen and oxygen atoms in total. The van der Waals surface area contributed by atoms with Gasteiger partial charge >= 0.3 is 0 Å². The molecule has 166 valence electrons. The number of benzene rings is 1. The van der Waals surface area contributed by atoms with Crippen molar-refractivity contribution in [2.75, 3.05) is 43.9 Å². The number of carbonyl (C=O) groups excluding carboxylic acids is 3. The zero-order chi connectivity index (χ0) is 22.1. The molecule has 2 aromatic rings. The fourth-order valence-corrected chi connectivity index (χ4v) is 4.93. The second kappa shape index (κ2) is 8.93. The van der Waals surface area contributed by atoms with Gasteiger partial charge in [0.1, 0.15) is 0 Å². The SMILES string of the molecule is O=C1Nc2ccc(CCN3C(=O)CSC3=O)cc2C1=Cc1cc(CN2CCOCC2)c[nH]1. The maximum Gasteiger partial charge on any atom is 0.288 e. The Balaban J connectivity index is 1.31. The second-order valence-electron chi connectivity index (χ2n) is 8.09. The van der Waals surface area contributed by atoms with Crippen LogP contribution in [0.25, 0.3) is 11.6 Å². The van der Waals surface area contributed by atoms with Crippen LogP contribution in [-0.2, 0) is 27.3 Å². The van der Waals surface area contributed by atoms with Gasteiger partial charge in [0, 0.05) is 49.3 Å². The van der Waals surface area contributed by atoms with Crippen LogP contribution in [0.4, 0.5) is 10.5 Å². The van der Waals surface area contributed by atoms with Crippen molar-refractivity contribution in [3.8, 4) is 0 Å². The Labute approximate surface area is 190 Å². The summed E-state index contributed by atoms with van der Waals surface area (Å²) < 4.78 is 5.40. The second-order valence-corrected chi connectivity index (χ2v) is 9.02. The van der Waals surface area contributed by atoms with E-state index in [1.807, 2.05) is 30.5 Å². The third-order valence-corrected chi connectivity index (χ3v) is 6.77. The monoisotopic (exact) mass is 452 g/mol. The molecule has 2 fully saturated rings. The predicted molar refractivity (Wildman–Crippen MR) is 123 cm³/mol. The molecule has 32 heavy (non-hydrogen) atoms. The molecule has 0 bridgehead atoms. The van der Waals surface area contributed by atoms with E-state index in [9.17, 15) is 14.4 Å². The number of fused-ring (bicyclic) bond motifs is 1. The van der Waals surface area contributed by atoms with Gasteiger partial charge in [-0.05, 0) is 41.8 Å². The van der Waals surface area contributed by atoms with E-state index in [1.54, 1.807) is 0 Å². The predicted octanol–water partition coefficient (Wildman–Crippen LogP) is 2.58. The number of nitrogens with zero attached hydrogens (tertiary/aromatic N) is 2. The van der Waals surface area contributed by atoms with E-state index in [-0.39, 0.29) is 22.8 Å². The van der Waals surface area contributed by atoms with Crippen LogP contribution in [0.2, 0.25) is 0 Å². The summed E-state index contributed by atoms with van der Waals surface area (Å²) in [6.07, 6.45) is 4.41. The van der Waals surface area contributed by atoms with Crippen LogP contribution >= 0.6 is 11.8 Å². The summed E-state index contributed by atoms with van der Waals surface area (Å²) in [5.41, 5.74) is 5.23. The third-order valence-electron chi connectivity index (χ3n) is 5.91. The Morgan fingerprint density at radius 1 is 1.09 bits per heavy atom. The van der Waals surface area contributed by atoms with Gasteiger partial charge in [-0.2, -0.15) is 0 Å². The highest BCUT2D eigenvalue weighted by Crippen LogP contribution is 2.34. The summed E-state index contributed by atoms with van der Waals surface area (Å²) in [6, 6.07) is 7.84. The van der Waals surface area contributed by atoms with Gasteiger partial charge in [-0.15, -0.1) is 0 Å². The van der Waals surface area contributed by atoms with Crippen molar-refractivity contribution in [2.24, 2.45) is 0 Å². The molecule has 3 aliphatic heterocycles. The maximum absolute atomic E-state index is 12.6. The molecule has 1 aromatic carbocycles. The van der Waals surface area contributed by atoms with Gasteiger partial charge in [0.2, 0.25) is 5.91 Å². The van der Waals surface area contributed by atoms with E-state index in [0.717, 1.165) is 67.1 Å². The summed E-state index contributed by atoms with van der Waals surface area (Å²) in [4.78, 5) is 43.2. The minimum absolute atomic E-state index is 0.136. The molecule has 9 heteroatoms. The Morgan fingerprint density at radius 3 is 2.72 bits per heavy atom. The zero-order valence-corrected chi connectivity index (χ0v) is 18.4. The molecule has 0 radical (unpaired) electrons. The Morgan fingerprint density at radius 2 is 1.94 bits per heavy atom. The Kier molecular flexibility index (Phi) is 5.86. The fourth-order valence-electron chi connectivity index (χ4n) is 4.18. The number of aromatic amines is 1. The van der Waals surface area contributed by atoms with Crippen LogP contribution in [0.5, 0.6) is 0 Å². The number of ether oxygens (including phenoxy) is 1. The van der Waals surface area contributed by atoms with E-state index in [2.05, 4.69) is 21.3 Å². The highest BCUT2D eigenvalue weighted by Gasteiger charge is 2.30. The first-order valence-electron chi connectivity index (χ1n) is 10.7. The summed E-state index contributed by atoms with van der Waals surface area (Å²) in [5, 5.41) is 2.73. The van der Waals surface area contributed by atoms with Gasteiger partial charge < -0.3 is 15.0 Å². The summed E-state index contributed by atoms with van der Waals surface area (Å²) >= 11 is 1.04. The highest BCUT2D eigenvalue weighted by molar-refractivity contribution is 8.14. The first-order valence-corrected chi connectivity index (χ1v) is 11.7. The van der Waals surface area contributed by atoms with Gasteiger partial charge in [-0.25, -0.2) is 0 Å². The van der Waals surface area contributed by atoms with Gasteiger partial charge in [-0.1, -0.05) is 17.8 Å². The van der Waals surface area contributed by atoms with Crippen LogP contribution in [0.15, 0.2) is 30.5 Å². The van der Waals surface area contributed by atoms with E-state index < -0.39 is 0 Å². The zero-order valence-electron chi connectivity index (χ0n) is 17.6. The number of thioether (sulfide) groups is 1. The Bertz CT molecular complexity index is 1090. The van der Waals surface area contributed by atoms with Crippen molar-refractivity contribution in [1.29, 1.82) is 0 Å². The van der Waals surface area contributed by atoms with E-state index in [4.69, 9.17) is 4.74 Å². The number of aromatic nitrogens is 1. The molecule has 3 aliphatic rings. The van der Waals surface area contributed by atoms with Crippen molar-refractivity contribution in [3.05, 3.63) is 52.8 Å². The van der Waals surface area contributed by atoms with E-state index in [1.165, 1.54) is 10.5 Å². The van der Waals surface area contributed by atoms with Crippen LogP contribution < -0.4 is 5.32 Å². The molecule has 2 saturated heterocycles. The van der Waals surface area contributed by atoms with Gasteiger partial charge in [0.15, 0.2) is 0 Å². The normalized spacial score (nSPS) is 20.3. The first-order chi connectivity index (χ1) is 15.6. The lowest BCUT2D eigenvalue weighted by Gasteiger charge is -2.25. The molecule has 0 atom stereocenters. The topological polar surface area (TPSA) is 94.7 Å². The molecule has 0 spiro atoms. The molecular formula is C23H24N4O4S. The largest absolute Gasteiger partial charge is 0.379 e. The van der Waals surface area contributed by atoms with Crippen LogP contribution in [0.1, 0.15) is 22.4 Å². The number of rotatable bonds is 6. The molecule has 1 aromatic heterocycles. The molecule has 0 unspecified atom stereocenters. The van der Waals surface area contributed by atoms with Crippen molar-refractivity contribution >= 4 is 46.2 Å². The summed E-state index contributed by atoms with van der Waals surface area (Å²) in [5.74, 6) is -0.0566. The molecule has 3 amide bonds. The number of anilines is 1. The number of morpholine rings is 1. The molecule has 0 aliphatic carbocycles. The van der Waals surface area contributed by atoms with Crippen LogP contribution in [0.3, 0.4) is 0 Å². The molecule has 4 heterocycles. The van der Waals surface area contributed by atoms with Gasteiger partial charge in [0.05, 0.1) is 24.5 Å². The Hall–Kier alpha value is -2.88. The molecule has 5 rings (SSSR count). The van der Waals surface area contributed by atoms with Crippen molar-refractivity contribution < 1.29 is 19.1 Å². The number of imide groups is 1. The minimum Gasteiger partial charge on any atom is -0.379 e. The number of hydrogen-bond donors (Lipinski definition) is 2. The lowest BCUT2D eigenvalue weighted by molar-refractivity contribution is -0.124. The lowest BCUT2D eigenvalue weighted by atomic mass is 10.0. The maximum atomic E-state index is 12.6. The number of nitrogens with one attached hydrogen (secondary N) is 2. The summed E-state index contributed by atoms with van der Waals surface area (Å²) in [6.45, 7) is 4.58. The lowest BCUT2D eigenvalue weighted by Crippen LogP contribution is -2.35. The van der Waals surface area contributed by atoms with Crippen LogP contribution in [-0.4, -0.2) is 70.4 Å². The standard InChI is InChI=1S/C23H24N4O4S/c28-21-14-32-23(30)27(21)4-3-15-1-2-20-18(10-15)19(22(29)25-20)11-17-9-16(12-24-17)13-26-5-7-31-8-6-26/h1-2,9-12,24H,3-8,13-14H2,(H,25,29). The smallest absolute Gasteiger partial charge is 0.288 e. The van der Waals surface area contributed by atoms with Crippen molar-refractivity contribution in [1.82, 2.24) is 14.8 Å². The number of H-pyrrole nitrogens is 1. The highest BCUT2D eigenvalue weighted by atomic mass is 32.2. The number of amides is 3. The fraction of sp³-hybridized carbons (Fsp3) is 0.348. The molecule has 2 N–H and O–H groups in total. The van der Waals surface area contributed by atoms with Crippen LogP contribution in [0, 0.1) is 0 Å². The number of hydrogen-bond acceptors (Lipinski definition) is 6. The van der Waals surface area contributed by atoms with E-state index >= 15 is 0 Å². The number of carbonyl (C=O) groups is 3. The minimum atomic E-state index is -0.187. The van der Waals surface area contributed by atoms with Crippen molar-refractivity contribution in [2.45, 2.75) is 13.0 Å². The first kappa shape index (κ1) is 21.0. The third kappa shape index (κ3) is 4.36. The quantitative estimate of drug-likeness (QED) is 0.655. The summed E-state index contributed by atoms with van der Waals surface area (Å²) in [7, 11) is 0. The molecule has 0 saturated carbocycles. The average Bonchev–Trinajstić information content (AvgIpc) is 3.46.